The van der Waals surface area contributed by atoms with Crippen LogP contribution in [-0.4, -0.2) is 24.7 Å². The summed E-state index contributed by atoms with van der Waals surface area (Å²) in [6, 6.07) is 5.99. The van der Waals surface area contributed by atoms with Crippen LogP contribution in [0.25, 0.3) is 10.8 Å². The number of aromatic nitrogens is 1. The first kappa shape index (κ1) is 13.6. The average Bonchev–Trinajstić information content (AvgIpc) is 2.53. The van der Waals surface area contributed by atoms with E-state index in [1.54, 1.807) is 0 Å². The zero-order chi connectivity index (χ0) is 14.5. The molecule has 0 saturated carbocycles. The molecule has 1 N–H and O–H groups in total. The molecule has 0 radical (unpaired) electrons. The van der Waals surface area contributed by atoms with E-state index in [1.807, 2.05) is 24.4 Å². The minimum Gasteiger partial charge on any atom is -0.486 e. The number of benzene rings is 1. The van der Waals surface area contributed by atoms with Gasteiger partial charge in [-0.2, -0.15) is 0 Å². The highest BCUT2D eigenvalue weighted by atomic mass is 16.6. The van der Waals surface area contributed by atoms with Crippen LogP contribution in [0.5, 0.6) is 11.5 Å². The lowest BCUT2D eigenvalue weighted by atomic mass is 10.1. The fourth-order valence-electron chi connectivity index (χ4n) is 2.41. The lowest BCUT2D eigenvalue weighted by Crippen LogP contribution is -2.15. The van der Waals surface area contributed by atoms with Crippen LogP contribution in [0.15, 0.2) is 24.4 Å². The van der Waals surface area contributed by atoms with Crippen LogP contribution in [0, 0.1) is 12.3 Å². The van der Waals surface area contributed by atoms with Gasteiger partial charge in [-0.15, -0.1) is 12.3 Å². The van der Waals surface area contributed by atoms with Crippen molar-refractivity contribution in [3.05, 3.63) is 24.4 Å². The Bertz CT molecular complexity index is 676. The monoisotopic (exact) mass is 282 g/mol. The molecule has 108 valence electrons. The highest BCUT2D eigenvalue weighted by Crippen LogP contribution is 2.36. The standard InChI is InChI=1S/C17H18N2O2/c1-2-3-4-5-7-18-17-14-12-16-15(20-9-10-21-16)11-13(14)6-8-19-17/h1,6,8,11-12H,3-5,7,9-10H2,(H,18,19). The van der Waals surface area contributed by atoms with Crippen LogP contribution in [0.1, 0.15) is 19.3 Å². The van der Waals surface area contributed by atoms with E-state index < -0.39 is 0 Å². The topological polar surface area (TPSA) is 43.4 Å². The number of fused-ring (bicyclic) bond motifs is 2. The van der Waals surface area contributed by atoms with E-state index in [0.717, 1.165) is 53.9 Å². The molecule has 0 bridgehead atoms. The maximum atomic E-state index is 5.64. The zero-order valence-electron chi connectivity index (χ0n) is 11.9. The number of unbranched alkanes of at least 4 members (excludes halogenated alkanes) is 2. The highest BCUT2D eigenvalue weighted by Gasteiger charge is 2.14. The maximum absolute atomic E-state index is 5.64. The van der Waals surface area contributed by atoms with Crippen molar-refractivity contribution in [2.24, 2.45) is 0 Å². The molecule has 0 amide bonds. The molecule has 1 aromatic carbocycles. The van der Waals surface area contributed by atoms with Gasteiger partial charge in [-0.3, -0.25) is 0 Å². The van der Waals surface area contributed by atoms with Crippen molar-refractivity contribution in [3.63, 3.8) is 0 Å². The van der Waals surface area contributed by atoms with Gasteiger partial charge in [0, 0.05) is 24.5 Å². The van der Waals surface area contributed by atoms with E-state index in [1.165, 1.54) is 0 Å². The molecule has 0 fully saturated rings. The molecule has 2 heterocycles. The third-order valence-electron chi connectivity index (χ3n) is 3.47. The first-order valence-electron chi connectivity index (χ1n) is 7.24. The Balaban J connectivity index is 1.80. The molecule has 4 nitrogen and oxygen atoms in total. The molecule has 1 aromatic heterocycles. The minimum atomic E-state index is 0.591. The van der Waals surface area contributed by atoms with Crippen LogP contribution in [-0.2, 0) is 0 Å². The lowest BCUT2D eigenvalue weighted by molar-refractivity contribution is 0.172. The van der Waals surface area contributed by atoms with E-state index in [-0.39, 0.29) is 0 Å². The predicted molar refractivity (Wildman–Crippen MR) is 83.9 cm³/mol. The Labute approximate surface area is 124 Å². The molecule has 4 heteroatoms. The summed E-state index contributed by atoms with van der Waals surface area (Å²) in [5, 5.41) is 5.53. The van der Waals surface area contributed by atoms with Gasteiger partial charge in [0.15, 0.2) is 11.5 Å². The first-order chi connectivity index (χ1) is 10.4. The molecule has 1 aliphatic rings. The Morgan fingerprint density at radius 1 is 1.19 bits per heavy atom. The van der Waals surface area contributed by atoms with Crippen LogP contribution in [0.3, 0.4) is 0 Å². The van der Waals surface area contributed by atoms with Gasteiger partial charge < -0.3 is 14.8 Å². The molecule has 0 aliphatic carbocycles. The number of anilines is 1. The van der Waals surface area contributed by atoms with Crippen LogP contribution >= 0.6 is 0 Å². The van der Waals surface area contributed by atoms with Crippen molar-refractivity contribution < 1.29 is 9.47 Å². The molecule has 2 aromatic rings. The van der Waals surface area contributed by atoms with Gasteiger partial charge in [0.2, 0.25) is 0 Å². The summed E-state index contributed by atoms with van der Waals surface area (Å²) >= 11 is 0. The smallest absolute Gasteiger partial charge is 0.162 e. The van der Waals surface area contributed by atoms with E-state index in [2.05, 4.69) is 16.2 Å². The number of nitrogens with one attached hydrogen (secondary N) is 1. The third-order valence-corrected chi connectivity index (χ3v) is 3.47. The van der Waals surface area contributed by atoms with Gasteiger partial charge in [-0.25, -0.2) is 4.98 Å². The summed E-state index contributed by atoms with van der Waals surface area (Å²) in [5.41, 5.74) is 0. The van der Waals surface area contributed by atoms with Gasteiger partial charge >= 0.3 is 0 Å². The van der Waals surface area contributed by atoms with Crippen molar-refractivity contribution in [1.82, 2.24) is 4.98 Å². The number of ether oxygens (including phenoxy) is 2. The summed E-state index contributed by atoms with van der Waals surface area (Å²) in [5.74, 6) is 5.13. The van der Waals surface area contributed by atoms with Crippen molar-refractivity contribution in [2.45, 2.75) is 19.3 Å². The normalized spacial score (nSPS) is 12.9. The van der Waals surface area contributed by atoms with Crippen molar-refractivity contribution in [1.29, 1.82) is 0 Å². The lowest BCUT2D eigenvalue weighted by Gasteiger charge is -2.19. The molecule has 0 saturated heterocycles. The number of terminal acetylenes is 1. The highest BCUT2D eigenvalue weighted by molar-refractivity contribution is 5.94. The molecule has 0 unspecified atom stereocenters. The molecule has 3 rings (SSSR count). The predicted octanol–water partition coefficient (Wildman–Crippen LogP) is 3.22. The molecule has 0 spiro atoms. The quantitative estimate of drug-likeness (QED) is 0.675. The second-order valence-corrected chi connectivity index (χ2v) is 4.96. The van der Waals surface area contributed by atoms with E-state index in [4.69, 9.17) is 15.9 Å². The maximum Gasteiger partial charge on any atom is 0.162 e. The van der Waals surface area contributed by atoms with Crippen LogP contribution in [0.4, 0.5) is 5.82 Å². The van der Waals surface area contributed by atoms with E-state index >= 15 is 0 Å². The number of rotatable bonds is 5. The van der Waals surface area contributed by atoms with Gasteiger partial charge in [0.05, 0.1) is 0 Å². The first-order valence-corrected chi connectivity index (χ1v) is 7.24. The van der Waals surface area contributed by atoms with Crippen LogP contribution < -0.4 is 14.8 Å². The van der Waals surface area contributed by atoms with Crippen molar-refractivity contribution in [3.8, 4) is 23.8 Å². The summed E-state index contributed by atoms with van der Waals surface area (Å²) in [4.78, 5) is 4.43. The third kappa shape index (κ3) is 3.03. The van der Waals surface area contributed by atoms with Gasteiger partial charge in [0.25, 0.3) is 0 Å². The molecule has 21 heavy (non-hydrogen) atoms. The SMILES string of the molecule is C#CCCCCNc1nccc2cc3c(cc12)OCCO3. The average molecular weight is 282 g/mol. The largest absolute Gasteiger partial charge is 0.486 e. The fourth-order valence-corrected chi connectivity index (χ4v) is 2.41. The van der Waals surface area contributed by atoms with Gasteiger partial charge in [-0.05, 0) is 36.4 Å². The van der Waals surface area contributed by atoms with E-state index in [0.29, 0.717) is 13.2 Å². The zero-order valence-corrected chi connectivity index (χ0v) is 11.9. The number of hydrogen-bond donors (Lipinski definition) is 1. The summed E-state index contributed by atoms with van der Waals surface area (Å²) in [6.45, 7) is 2.06. The van der Waals surface area contributed by atoms with Crippen LogP contribution in [0.2, 0.25) is 0 Å². The van der Waals surface area contributed by atoms with Gasteiger partial charge in [-0.1, -0.05) is 0 Å². The summed E-state index contributed by atoms with van der Waals surface area (Å²) in [6.07, 6.45) is 9.95. The summed E-state index contributed by atoms with van der Waals surface area (Å²) in [7, 11) is 0. The molecule has 1 aliphatic heterocycles. The Morgan fingerprint density at radius 3 is 2.81 bits per heavy atom. The Hall–Kier alpha value is -2.41. The van der Waals surface area contributed by atoms with Gasteiger partial charge in [0.1, 0.15) is 19.0 Å². The molecular formula is C17H18N2O2. The van der Waals surface area contributed by atoms with Crippen molar-refractivity contribution >= 4 is 16.6 Å². The number of pyridine rings is 1. The molecular weight excluding hydrogens is 264 g/mol. The minimum absolute atomic E-state index is 0.591. The van der Waals surface area contributed by atoms with E-state index in [9.17, 15) is 0 Å². The Morgan fingerprint density at radius 2 is 2.00 bits per heavy atom. The fraction of sp³-hybridized carbons (Fsp3) is 0.353. The number of hydrogen-bond acceptors (Lipinski definition) is 4. The summed E-state index contributed by atoms with van der Waals surface area (Å²) < 4.78 is 11.3. The second kappa shape index (κ2) is 6.36. The second-order valence-electron chi connectivity index (χ2n) is 4.96. The Kier molecular flexibility index (Phi) is 4.11. The number of nitrogens with zero attached hydrogens (tertiary/aromatic N) is 1. The molecule has 0 atom stereocenters. The van der Waals surface area contributed by atoms with Crippen molar-refractivity contribution in [2.75, 3.05) is 25.1 Å².